The van der Waals surface area contributed by atoms with Crippen LogP contribution >= 0.6 is 0 Å². The molecule has 0 saturated carbocycles. The van der Waals surface area contributed by atoms with Crippen molar-refractivity contribution in [2.24, 2.45) is 0 Å². The van der Waals surface area contributed by atoms with Crippen molar-refractivity contribution in [1.82, 2.24) is 19.7 Å². The van der Waals surface area contributed by atoms with E-state index >= 15 is 0 Å². The van der Waals surface area contributed by atoms with Gasteiger partial charge in [0.05, 0.1) is 11.9 Å². The van der Waals surface area contributed by atoms with Crippen molar-refractivity contribution in [1.29, 1.82) is 0 Å². The number of fused-ring (bicyclic) bond motifs is 1. The topological polar surface area (TPSA) is 78.8 Å². The monoisotopic (exact) mass is 372 g/mol. The zero-order chi connectivity index (χ0) is 18.9. The molecule has 140 valence electrons. The predicted octanol–water partition coefficient (Wildman–Crippen LogP) is 2.80. The van der Waals surface area contributed by atoms with Crippen LogP contribution in [-0.2, 0) is 0 Å². The summed E-state index contributed by atoms with van der Waals surface area (Å²) in [4.78, 5) is 22.3. The van der Waals surface area contributed by atoms with E-state index in [4.69, 9.17) is 0 Å². The number of nitrogens with zero attached hydrogens (tertiary/aromatic N) is 4. The van der Waals surface area contributed by atoms with Crippen LogP contribution in [0.2, 0.25) is 0 Å². The molecule has 1 aliphatic heterocycles. The van der Waals surface area contributed by atoms with Gasteiger partial charge in [-0.25, -0.2) is 4.68 Å². The van der Waals surface area contributed by atoms with Crippen molar-refractivity contribution >= 4 is 22.7 Å². The highest BCUT2D eigenvalue weighted by Gasteiger charge is 2.23. The maximum Gasteiger partial charge on any atom is 0.263 e. The van der Waals surface area contributed by atoms with Gasteiger partial charge in [0.1, 0.15) is 5.39 Å². The minimum absolute atomic E-state index is 0.187. The van der Waals surface area contributed by atoms with E-state index in [1.807, 2.05) is 48.5 Å². The van der Waals surface area contributed by atoms with Gasteiger partial charge in [-0.15, -0.1) is 0 Å². The number of H-pyrrole nitrogens is 1. The molecule has 0 spiro atoms. The number of aromatic nitrogens is 4. The molecule has 0 radical (unpaired) electrons. The van der Waals surface area contributed by atoms with Crippen molar-refractivity contribution in [3.05, 3.63) is 77.2 Å². The Morgan fingerprint density at radius 1 is 1.00 bits per heavy atom. The smallest absolute Gasteiger partial charge is 0.263 e. The van der Waals surface area contributed by atoms with Crippen molar-refractivity contribution < 1.29 is 0 Å². The molecule has 1 saturated heterocycles. The van der Waals surface area contributed by atoms with Gasteiger partial charge in [-0.2, -0.15) is 10.1 Å². The second kappa shape index (κ2) is 6.84. The minimum atomic E-state index is -0.187. The maximum absolute atomic E-state index is 12.5. The van der Waals surface area contributed by atoms with Gasteiger partial charge in [0, 0.05) is 24.8 Å². The molecule has 0 amide bonds. The fourth-order valence-corrected chi connectivity index (χ4v) is 3.69. The number of hydrogen-bond acceptors (Lipinski definition) is 5. The van der Waals surface area contributed by atoms with E-state index in [0.717, 1.165) is 25.2 Å². The van der Waals surface area contributed by atoms with E-state index in [0.29, 0.717) is 17.0 Å². The van der Waals surface area contributed by atoms with E-state index in [9.17, 15) is 4.79 Å². The summed E-state index contributed by atoms with van der Waals surface area (Å²) in [5.41, 5.74) is 2.45. The summed E-state index contributed by atoms with van der Waals surface area (Å²) in [6, 6.07) is 20.3. The van der Waals surface area contributed by atoms with Crippen molar-refractivity contribution in [3.63, 3.8) is 0 Å². The van der Waals surface area contributed by atoms with E-state index in [-0.39, 0.29) is 11.6 Å². The van der Waals surface area contributed by atoms with Crippen LogP contribution in [-0.4, -0.2) is 38.9 Å². The average molecular weight is 372 g/mol. The largest absolute Gasteiger partial charge is 0.369 e. The number of nitrogens with one attached hydrogen (secondary N) is 2. The highest BCUT2D eigenvalue weighted by atomic mass is 16.1. The Kier molecular flexibility index (Phi) is 4.05. The molecule has 4 aromatic rings. The Morgan fingerprint density at radius 2 is 1.71 bits per heavy atom. The second-order valence-corrected chi connectivity index (χ2v) is 6.96. The molecule has 2 aromatic heterocycles. The first kappa shape index (κ1) is 16.6. The Hall–Kier alpha value is -3.61. The first-order valence-electron chi connectivity index (χ1n) is 9.38. The lowest BCUT2D eigenvalue weighted by Gasteiger charge is -2.19. The van der Waals surface area contributed by atoms with Gasteiger partial charge in [-0.3, -0.25) is 9.78 Å². The molecule has 0 aliphatic carbocycles. The van der Waals surface area contributed by atoms with Gasteiger partial charge in [-0.1, -0.05) is 36.4 Å². The van der Waals surface area contributed by atoms with Crippen LogP contribution in [0, 0.1) is 0 Å². The summed E-state index contributed by atoms with van der Waals surface area (Å²) in [7, 11) is 0. The van der Waals surface area contributed by atoms with Gasteiger partial charge in [-0.05, 0) is 30.7 Å². The van der Waals surface area contributed by atoms with Crippen LogP contribution in [0.15, 0.2) is 71.7 Å². The molecule has 7 nitrogen and oxygen atoms in total. The van der Waals surface area contributed by atoms with E-state index in [1.165, 1.54) is 5.69 Å². The average Bonchev–Trinajstić information content (AvgIpc) is 3.37. The standard InChI is InChI=1S/C21H20N6O/c28-20-18-13-22-27(17-9-5-2-6-10-17)19(18)24-21(25-20)23-15-11-12-26(14-15)16-7-3-1-4-8-16/h1-10,13,15H,11-12,14H2,(H2,23,24,25,28). The molecule has 1 aliphatic rings. The Balaban J connectivity index is 1.42. The third-order valence-corrected chi connectivity index (χ3v) is 5.09. The molecule has 1 fully saturated rings. The first-order valence-corrected chi connectivity index (χ1v) is 9.38. The van der Waals surface area contributed by atoms with E-state index in [1.54, 1.807) is 10.9 Å². The Bertz CT molecular complexity index is 1150. The zero-order valence-electron chi connectivity index (χ0n) is 15.2. The lowest BCUT2D eigenvalue weighted by molar-refractivity contribution is 0.791. The second-order valence-electron chi connectivity index (χ2n) is 6.96. The predicted molar refractivity (Wildman–Crippen MR) is 110 cm³/mol. The molecule has 1 atom stereocenters. The molecule has 7 heteroatoms. The Labute approximate surface area is 161 Å². The SMILES string of the molecule is O=c1[nH]c(NC2CCN(c3ccccc3)C2)nc2c1cnn2-c1ccccc1. The quantitative estimate of drug-likeness (QED) is 0.576. The van der Waals surface area contributed by atoms with Crippen LogP contribution in [0.4, 0.5) is 11.6 Å². The van der Waals surface area contributed by atoms with Gasteiger partial charge in [0.2, 0.25) is 5.95 Å². The molecular formula is C21H20N6O. The fraction of sp³-hybridized carbons (Fsp3) is 0.190. The number of para-hydroxylation sites is 2. The van der Waals surface area contributed by atoms with Crippen LogP contribution in [0.5, 0.6) is 0 Å². The third-order valence-electron chi connectivity index (χ3n) is 5.09. The number of rotatable bonds is 4. The van der Waals surface area contributed by atoms with Crippen molar-refractivity contribution in [2.75, 3.05) is 23.3 Å². The lowest BCUT2D eigenvalue weighted by Crippen LogP contribution is -2.27. The van der Waals surface area contributed by atoms with Crippen LogP contribution < -0.4 is 15.8 Å². The molecule has 28 heavy (non-hydrogen) atoms. The fourth-order valence-electron chi connectivity index (χ4n) is 3.69. The van der Waals surface area contributed by atoms with Gasteiger partial charge < -0.3 is 10.2 Å². The number of aromatic amines is 1. The van der Waals surface area contributed by atoms with Gasteiger partial charge >= 0.3 is 0 Å². The highest BCUT2D eigenvalue weighted by Crippen LogP contribution is 2.22. The summed E-state index contributed by atoms with van der Waals surface area (Å²) in [5, 5.41) is 8.22. The molecule has 1 unspecified atom stereocenters. The number of benzene rings is 2. The van der Waals surface area contributed by atoms with Crippen molar-refractivity contribution in [2.45, 2.75) is 12.5 Å². The van der Waals surface area contributed by atoms with Crippen LogP contribution in [0.25, 0.3) is 16.7 Å². The number of anilines is 2. The van der Waals surface area contributed by atoms with E-state index in [2.05, 4.69) is 37.4 Å². The zero-order valence-corrected chi connectivity index (χ0v) is 15.2. The summed E-state index contributed by atoms with van der Waals surface area (Å²) in [6.45, 7) is 1.83. The molecule has 2 N–H and O–H groups in total. The molecule has 2 aromatic carbocycles. The van der Waals surface area contributed by atoms with E-state index < -0.39 is 0 Å². The summed E-state index contributed by atoms with van der Waals surface area (Å²) in [5.74, 6) is 0.482. The Morgan fingerprint density at radius 3 is 2.46 bits per heavy atom. The maximum atomic E-state index is 12.5. The molecule has 0 bridgehead atoms. The molecule has 5 rings (SSSR count). The normalized spacial score (nSPS) is 16.6. The van der Waals surface area contributed by atoms with Gasteiger partial charge in [0.15, 0.2) is 5.65 Å². The minimum Gasteiger partial charge on any atom is -0.369 e. The molecule has 3 heterocycles. The van der Waals surface area contributed by atoms with Crippen molar-refractivity contribution in [3.8, 4) is 5.69 Å². The highest BCUT2D eigenvalue weighted by molar-refractivity contribution is 5.76. The van der Waals surface area contributed by atoms with Gasteiger partial charge in [0.25, 0.3) is 5.56 Å². The summed E-state index contributed by atoms with van der Waals surface area (Å²) < 4.78 is 1.70. The van der Waals surface area contributed by atoms with Crippen LogP contribution in [0.3, 0.4) is 0 Å². The first-order chi connectivity index (χ1) is 13.8. The molecular weight excluding hydrogens is 352 g/mol. The summed E-state index contributed by atoms with van der Waals surface area (Å²) >= 11 is 0. The van der Waals surface area contributed by atoms with Crippen LogP contribution in [0.1, 0.15) is 6.42 Å². The lowest BCUT2D eigenvalue weighted by atomic mass is 10.3. The third kappa shape index (κ3) is 3.00. The number of hydrogen-bond donors (Lipinski definition) is 2. The summed E-state index contributed by atoms with van der Waals surface area (Å²) in [6.07, 6.45) is 2.54.